The third-order valence-electron chi connectivity index (χ3n) is 5.47. The monoisotopic (exact) mass is 216 g/mol. The zero-order chi connectivity index (χ0) is 11.2. The standard InChI is InChI=1S/C16H24/c1-12-14-8-9-15(10-14)16(12,2)11-13-6-4-3-5-7-13/h11,14-15H,1,3-10H2,2H3. The Bertz CT molecular complexity index is 328. The van der Waals surface area contributed by atoms with Crippen molar-refractivity contribution in [3.8, 4) is 0 Å². The van der Waals surface area contributed by atoms with Crippen LogP contribution in [0.1, 0.15) is 58.3 Å². The molecular weight excluding hydrogens is 192 g/mol. The Morgan fingerprint density at radius 3 is 2.56 bits per heavy atom. The van der Waals surface area contributed by atoms with Gasteiger partial charge in [-0.3, -0.25) is 0 Å². The predicted molar refractivity (Wildman–Crippen MR) is 69.2 cm³/mol. The van der Waals surface area contributed by atoms with Gasteiger partial charge in [-0.25, -0.2) is 0 Å². The van der Waals surface area contributed by atoms with Crippen LogP contribution in [0.4, 0.5) is 0 Å². The number of fused-ring (bicyclic) bond motifs is 2. The van der Waals surface area contributed by atoms with Crippen molar-refractivity contribution in [2.75, 3.05) is 0 Å². The van der Waals surface area contributed by atoms with Crippen LogP contribution in [-0.4, -0.2) is 0 Å². The summed E-state index contributed by atoms with van der Waals surface area (Å²) in [5.41, 5.74) is 3.67. The molecule has 0 aromatic carbocycles. The van der Waals surface area contributed by atoms with E-state index in [1.165, 1.54) is 51.4 Å². The zero-order valence-corrected chi connectivity index (χ0v) is 10.6. The second-order valence-electron chi connectivity index (χ2n) is 6.38. The molecule has 3 atom stereocenters. The molecule has 88 valence electrons. The van der Waals surface area contributed by atoms with Gasteiger partial charge in [0.15, 0.2) is 0 Å². The average molecular weight is 216 g/mol. The van der Waals surface area contributed by atoms with Gasteiger partial charge in [-0.1, -0.05) is 37.1 Å². The van der Waals surface area contributed by atoms with Crippen molar-refractivity contribution in [1.29, 1.82) is 0 Å². The van der Waals surface area contributed by atoms with E-state index >= 15 is 0 Å². The first-order chi connectivity index (χ1) is 7.70. The van der Waals surface area contributed by atoms with Gasteiger partial charge in [0.05, 0.1) is 0 Å². The van der Waals surface area contributed by atoms with E-state index in [1.54, 1.807) is 11.1 Å². The van der Waals surface area contributed by atoms with Gasteiger partial charge in [0.1, 0.15) is 0 Å². The highest BCUT2D eigenvalue weighted by molar-refractivity contribution is 5.32. The fraction of sp³-hybridized carbons (Fsp3) is 0.750. The molecule has 0 N–H and O–H groups in total. The third kappa shape index (κ3) is 1.49. The molecule has 0 aromatic heterocycles. The molecule has 3 aliphatic rings. The highest BCUT2D eigenvalue weighted by Gasteiger charge is 2.49. The highest BCUT2D eigenvalue weighted by atomic mass is 14.5. The van der Waals surface area contributed by atoms with E-state index in [-0.39, 0.29) is 0 Å². The zero-order valence-electron chi connectivity index (χ0n) is 10.6. The van der Waals surface area contributed by atoms with Gasteiger partial charge in [-0.15, -0.1) is 0 Å². The van der Waals surface area contributed by atoms with E-state index in [1.807, 2.05) is 0 Å². The summed E-state index contributed by atoms with van der Waals surface area (Å²) in [5, 5.41) is 0. The van der Waals surface area contributed by atoms with Gasteiger partial charge < -0.3 is 0 Å². The Morgan fingerprint density at radius 1 is 1.19 bits per heavy atom. The van der Waals surface area contributed by atoms with E-state index in [0.29, 0.717) is 5.41 Å². The molecule has 0 amide bonds. The summed E-state index contributed by atoms with van der Waals surface area (Å²) in [5.74, 6) is 1.77. The molecular formula is C16H24. The van der Waals surface area contributed by atoms with Crippen molar-refractivity contribution in [3.05, 3.63) is 23.8 Å². The lowest BCUT2D eigenvalue weighted by atomic mass is 9.70. The molecule has 3 fully saturated rings. The first-order valence-electron chi connectivity index (χ1n) is 7.10. The van der Waals surface area contributed by atoms with Crippen LogP contribution in [0, 0.1) is 17.3 Å². The largest absolute Gasteiger partial charge is 0.0987 e. The molecule has 16 heavy (non-hydrogen) atoms. The Hall–Kier alpha value is -0.520. The Balaban J connectivity index is 1.85. The van der Waals surface area contributed by atoms with Gasteiger partial charge in [-0.2, -0.15) is 0 Å². The summed E-state index contributed by atoms with van der Waals surface area (Å²) >= 11 is 0. The van der Waals surface area contributed by atoms with Crippen molar-refractivity contribution < 1.29 is 0 Å². The van der Waals surface area contributed by atoms with Crippen LogP contribution >= 0.6 is 0 Å². The first-order valence-corrected chi connectivity index (χ1v) is 7.10. The van der Waals surface area contributed by atoms with Gasteiger partial charge in [-0.05, 0) is 56.8 Å². The molecule has 2 bridgehead atoms. The SMILES string of the molecule is C=C1C2CCC(C2)C1(C)C=C1CCCCC1. The molecule has 0 heteroatoms. The molecule has 0 nitrogen and oxygen atoms in total. The first kappa shape index (κ1) is 10.6. The molecule has 0 radical (unpaired) electrons. The second-order valence-corrected chi connectivity index (χ2v) is 6.38. The lowest BCUT2D eigenvalue weighted by molar-refractivity contribution is 0.328. The minimum absolute atomic E-state index is 0.371. The van der Waals surface area contributed by atoms with Crippen LogP contribution < -0.4 is 0 Å². The van der Waals surface area contributed by atoms with Crippen LogP contribution in [0.2, 0.25) is 0 Å². The van der Waals surface area contributed by atoms with E-state index < -0.39 is 0 Å². The quantitative estimate of drug-likeness (QED) is 0.549. The molecule has 3 unspecified atom stereocenters. The average Bonchev–Trinajstić information content (AvgIpc) is 2.85. The van der Waals surface area contributed by atoms with Gasteiger partial charge >= 0.3 is 0 Å². The van der Waals surface area contributed by atoms with Crippen LogP contribution in [0.3, 0.4) is 0 Å². The smallest absolute Gasteiger partial charge is 0.00936 e. The summed E-state index contributed by atoms with van der Waals surface area (Å²) in [7, 11) is 0. The van der Waals surface area contributed by atoms with Crippen LogP contribution in [-0.2, 0) is 0 Å². The maximum Gasteiger partial charge on any atom is 0.00936 e. The Kier molecular flexibility index (Phi) is 2.49. The summed E-state index contributed by atoms with van der Waals surface area (Å²) in [4.78, 5) is 0. The number of allylic oxidation sites excluding steroid dienone is 3. The van der Waals surface area contributed by atoms with E-state index in [9.17, 15) is 0 Å². The van der Waals surface area contributed by atoms with E-state index in [4.69, 9.17) is 0 Å². The minimum atomic E-state index is 0.371. The predicted octanol–water partition coefficient (Wildman–Crippen LogP) is 4.87. The highest BCUT2D eigenvalue weighted by Crippen LogP contribution is 2.59. The third-order valence-corrected chi connectivity index (χ3v) is 5.47. The maximum absolute atomic E-state index is 4.41. The molecule has 0 spiro atoms. The van der Waals surface area contributed by atoms with Crippen molar-refractivity contribution in [2.24, 2.45) is 17.3 Å². The Labute approximate surface area is 99.8 Å². The topological polar surface area (TPSA) is 0 Å². The summed E-state index contributed by atoms with van der Waals surface area (Å²) in [6.45, 7) is 6.87. The van der Waals surface area contributed by atoms with E-state index in [2.05, 4.69) is 19.6 Å². The molecule has 3 saturated carbocycles. The fourth-order valence-corrected chi connectivity index (χ4v) is 4.33. The van der Waals surface area contributed by atoms with Gasteiger partial charge in [0.2, 0.25) is 0 Å². The van der Waals surface area contributed by atoms with Crippen molar-refractivity contribution in [1.82, 2.24) is 0 Å². The lowest BCUT2D eigenvalue weighted by Gasteiger charge is -2.35. The number of rotatable bonds is 1. The van der Waals surface area contributed by atoms with Crippen molar-refractivity contribution in [3.63, 3.8) is 0 Å². The van der Waals surface area contributed by atoms with Crippen molar-refractivity contribution >= 4 is 0 Å². The summed E-state index contributed by atoms with van der Waals surface area (Å²) < 4.78 is 0. The molecule has 3 aliphatic carbocycles. The van der Waals surface area contributed by atoms with Crippen LogP contribution in [0.15, 0.2) is 23.8 Å². The lowest BCUT2D eigenvalue weighted by Crippen LogP contribution is -2.24. The molecule has 0 aliphatic heterocycles. The number of hydrogen-bond acceptors (Lipinski definition) is 0. The van der Waals surface area contributed by atoms with E-state index in [0.717, 1.165) is 11.8 Å². The normalized spacial score (nSPS) is 42.8. The fourth-order valence-electron chi connectivity index (χ4n) is 4.33. The number of hydrogen-bond donors (Lipinski definition) is 0. The van der Waals surface area contributed by atoms with Gasteiger partial charge in [0, 0.05) is 5.41 Å². The van der Waals surface area contributed by atoms with Crippen molar-refractivity contribution in [2.45, 2.75) is 58.3 Å². The second kappa shape index (κ2) is 3.75. The molecule has 3 rings (SSSR count). The van der Waals surface area contributed by atoms with Crippen LogP contribution in [0.25, 0.3) is 0 Å². The van der Waals surface area contributed by atoms with Gasteiger partial charge in [0.25, 0.3) is 0 Å². The molecule has 0 aromatic rings. The maximum atomic E-state index is 4.41. The summed E-state index contributed by atoms with van der Waals surface area (Å²) in [6.07, 6.45) is 13.9. The molecule has 0 saturated heterocycles. The van der Waals surface area contributed by atoms with Crippen LogP contribution in [0.5, 0.6) is 0 Å². The molecule has 0 heterocycles. The summed E-state index contributed by atoms with van der Waals surface area (Å²) in [6, 6.07) is 0. The Morgan fingerprint density at radius 2 is 1.94 bits per heavy atom. The minimum Gasteiger partial charge on any atom is -0.0987 e.